The van der Waals surface area contributed by atoms with Crippen LogP contribution in [0.3, 0.4) is 0 Å². The van der Waals surface area contributed by atoms with Crippen molar-refractivity contribution in [2.45, 2.75) is 33.7 Å². The van der Waals surface area contributed by atoms with Gasteiger partial charge in [0, 0.05) is 19.1 Å². The summed E-state index contributed by atoms with van der Waals surface area (Å²) in [6, 6.07) is 8.18. The zero-order valence-corrected chi connectivity index (χ0v) is 13.7. The number of ether oxygens (including phenoxy) is 1. The van der Waals surface area contributed by atoms with Crippen molar-refractivity contribution < 1.29 is 4.74 Å². The highest BCUT2D eigenvalue weighted by Crippen LogP contribution is 2.17. The second-order valence-corrected chi connectivity index (χ2v) is 6.13. The zero-order valence-electron chi connectivity index (χ0n) is 12.9. The van der Waals surface area contributed by atoms with E-state index in [1.807, 2.05) is 24.3 Å². The van der Waals surface area contributed by atoms with Crippen molar-refractivity contribution in [3.63, 3.8) is 0 Å². The molecule has 0 atom stereocenters. The summed E-state index contributed by atoms with van der Waals surface area (Å²) in [7, 11) is 0. The van der Waals surface area contributed by atoms with E-state index in [9.17, 15) is 0 Å². The lowest BCUT2D eigenvalue weighted by Crippen LogP contribution is -2.37. The highest BCUT2D eigenvalue weighted by atomic mass is 32.1. The summed E-state index contributed by atoms with van der Waals surface area (Å²) in [6.45, 7) is 11.5. The fourth-order valence-electron chi connectivity index (χ4n) is 2.10. The van der Waals surface area contributed by atoms with Gasteiger partial charge in [-0.2, -0.15) is 0 Å². The number of hydrogen-bond donors (Lipinski definition) is 1. The van der Waals surface area contributed by atoms with Crippen LogP contribution in [0, 0.1) is 5.92 Å². The van der Waals surface area contributed by atoms with Gasteiger partial charge in [-0.05, 0) is 31.9 Å². The van der Waals surface area contributed by atoms with Gasteiger partial charge in [-0.3, -0.25) is 4.90 Å². The molecule has 4 heteroatoms. The standard InChI is InChI=1S/C16H26N2OS/c1-12(2)11-18(13(3)4)9-10-19-15-8-6-5-7-14(15)16(17)20/h5-8,12-13H,9-11H2,1-4H3,(H2,17,20). The van der Waals surface area contributed by atoms with Gasteiger partial charge >= 0.3 is 0 Å². The Morgan fingerprint density at radius 3 is 2.45 bits per heavy atom. The fourth-order valence-corrected chi connectivity index (χ4v) is 2.27. The molecule has 0 aliphatic heterocycles. The average molecular weight is 294 g/mol. The van der Waals surface area contributed by atoms with Crippen molar-refractivity contribution in [1.29, 1.82) is 0 Å². The van der Waals surface area contributed by atoms with Gasteiger partial charge in [0.2, 0.25) is 0 Å². The lowest BCUT2D eigenvalue weighted by Gasteiger charge is -2.28. The number of thiocarbonyl (C=S) groups is 1. The molecular formula is C16H26N2OS. The molecule has 0 saturated carbocycles. The van der Waals surface area contributed by atoms with Gasteiger partial charge < -0.3 is 10.5 Å². The molecule has 112 valence electrons. The van der Waals surface area contributed by atoms with Crippen LogP contribution in [0.25, 0.3) is 0 Å². The summed E-state index contributed by atoms with van der Waals surface area (Å²) < 4.78 is 5.85. The van der Waals surface area contributed by atoms with Gasteiger partial charge in [0.15, 0.2) is 0 Å². The monoisotopic (exact) mass is 294 g/mol. The van der Waals surface area contributed by atoms with E-state index in [0.717, 1.165) is 24.4 Å². The third-order valence-electron chi connectivity index (χ3n) is 3.12. The molecule has 2 N–H and O–H groups in total. The third kappa shape index (κ3) is 5.47. The lowest BCUT2D eigenvalue weighted by molar-refractivity contribution is 0.160. The van der Waals surface area contributed by atoms with Gasteiger partial charge in [-0.25, -0.2) is 0 Å². The molecule has 0 unspecified atom stereocenters. The van der Waals surface area contributed by atoms with Gasteiger partial charge in [0.25, 0.3) is 0 Å². The van der Waals surface area contributed by atoms with Crippen LogP contribution in [0.4, 0.5) is 0 Å². The molecule has 1 aromatic rings. The van der Waals surface area contributed by atoms with Gasteiger partial charge in [0.05, 0.1) is 5.56 Å². The molecule has 1 aromatic carbocycles. The Morgan fingerprint density at radius 1 is 1.25 bits per heavy atom. The lowest BCUT2D eigenvalue weighted by atomic mass is 10.2. The van der Waals surface area contributed by atoms with Crippen LogP contribution < -0.4 is 10.5 Å². The minimum absolute atomic E-state index is 0.378. The summed E-state index contributed by atoms with van der Waals surface area (Å²) in [5, 5.41) is 0. The van der Waals surface area contributed by atoms with Crippen molar-refractivity contribution in [2.24, 2.45) is 11.7 Å². The van der Waals surface area contributed by atoms with E-state index in [2.05, 4.69) is 32.6 Å². The molecule has 0 fully saturated rings. The average Bonchev–Trinajstić information content (AvgIpc) is 2.37. The van der Waals surface area contributed by atoms with Crippen LogP contribution in [0.5, 0.6) is 5.75 Å². The first-order valence-electron chi connectivity index (χ1n) is 7.17. The van der Waals surface area contributed by atoms with Crippen LogP contribution in [0.2, 0.25) is 0 Å². The van der Waals surface area contributed by atoms with Crippen molar-refractivity contribution >= 4 is 17.2 Å². The summed E-state index contributed by atoms with van der Waals surface area (Å²) in [5.41, 5.74) is 6.51. The molecule has 0 saturated heterocycles. The highest BCUT2D eigenvalue weighted by molar-refractivity contribution is 7.80. The Kier molecular flexibility index (Phi) is 6.96. The molecule has 20 heavy (non-hydrogen) atoms. The summed E-state index contributed by atoms with van der Waals surface area (Å²) >= 11 is 5.04. The first-order valence-corrected chi connectivity index (χ1v) is 7.58. The van der Waals surface area contributed by atoms with Gasteiger partial charge in [0.1, 0.15) is 17.3 Å². The molecule has 0 heterocycles. The molecule has 0 aliphatic rings. The van der Waals surface area contributed by atoms with Crippen molar-refractivity contribution in [1.82, 2.24) is 4.90 Å². The number of nitrogens with zero attached hydrogens (tertiary/aromatic N) is 1. The number of para-hydroxylation sites is 1. The Hall–Kier alpha value is -1.13. The van der Waals surface area contributed by atoms with Crippen LogP contribution in [-0.4, -0.2) is 35.6 Å². The predicted molar refractivity (Wildman–Crippen MR) is 89.4 cm³/mol. The number of hydrogen-bond acceptors (Lipinski definition) is 3. The summed E-state index contributed by atoms with van der Waals surface area (Å²) in [6.07, 6.45) is 0. The molecule has 0 amide bonds. The Morgan fingerprint density at radius 2 is 1.90 bits per heavy atom. The first-order chi connectivity index (χ1) is 9.41. The highest BCUT2D eigenvalue weighted by Gasteiger charge is 2.12. The molecule has 0 radical (unpaired) electrons. The minimum Gasteiger partial charge on any atom is -0.492 e. The quantitative estimate of drug-likeness (QED) is 0.748. The maximum Gasteiger partial charge on any atom is 0.129 e. The normalized spacial score (nSPS) is 11.3. The molecule has 0 aromatic heterocycles. The van der Waals surface area contributed by atoms with E-state index in [4.69, 9.17) is 22.7 Å². The number of nitrogens with two attached hydrogens (primary N) is 1. The first kappa shape index (κ1) is 16.9. The maximum absolute atomic E-state index is 5.85. The SMILES string of the molecule is CC(C)CN(CCOc1ccccc1C(N)=S)C(C)C. The number of rotatable bonds is 8. The Bertz CT molecular complexity index is 432. The second kappa shape index (κ2) is 8.22. The van der Waals surface area contributed by atoms with E-state index in [-0.39, 0.29) is 0 Å². The van der Waals surface area contributed by atoms with Crippen LogP contribution in [0.1, 0.15) is 33.3 Å². The van der Waals surface area contributed by atoms with Gasteiger partial charge in [-0.15, -0.1) is 0 Å². The predicted octanol–water partition coefficient (Wildman–Crippen LogP) is 3.07. The van der Waals surface area contributed by atoms with Crippen LogP contribution in [0.15, 0.2) is 24.3 Å². The smallest absolute Gasteiger partial charge is 0.129 e. The molecule has 1 rings (SSSR count). The zero-order chi connectivity index (χ0) is 15.1. The largest absolute Gasteiger partial charge is 0.492 e. The van der Waals surface area contributed by atoms with E-state index in [0.29, 0.717) is 23.6 Å². The van der Waals surface area contributed by atoms with Crippen molar-refractivity contribution in [3.8, 4) is 5.75 Å². The summed E-state index contributed by atoms with van der Waals surface area (Å²) in [4.78, 5) is 2.80. The van der Waals surface area contributed by atoms with Crippen LogP contribution in [-0.2, 0) is 0 Å². The Balaban J connectivity index is 2.57. The van der Waals surface area contributed by atoms with E-state index < -0.39 is 0 Å². The minimum atomic E-state index is 0.378. The maximum atomic E-state index is 5.85. The second-order valence-electron chi connectivity index (χ2n) is 5.69. The van der Waals surface area contributed by atoms with Crippen molar-refractivity contribution in [3.05, 3.63) is 29.8 Å². The van der Waals surface area contributed by atoms with Gasteiger partial charge in [-0.1, -0.05) is 38.2 Å². The molecule has 0 aliphatic carbocycles. The summed E-state index contributed by atoms with van der Waals surface area (Å²) in [5.74, 6) is 1.43. The van der Waals surface area contributed by atoms with Crippen molar-refractivity contribution in [2.75, 3.05) is 19.7 Å². The third-order valence-corrected chi connectivity index (χ3v) is 3.34. The molecular weight excluding hydrogens is 268 g/mol. The number of benzene rings is 1. The fraction of sp³-hybridized carbons (Fsp3) is 0.562. The van der Waals surface area contributed by atoms with E-state index in [1.54, 1.807) is 0 Å². The topological polar surface area (TPSA) is 38.5 Å². The molecule has 0 spiro atoms. The van der Waals surface area contributed by atoms with Crippen LogP contribution >= 0.6 is 12.2 Å². The molecule has 3 nitrogen and oxygen atoms in total. The van der Waals surface area contributed by atoms with E-state index >= 15 is 0 Å². The Labute approximate surface area is 128 Å². The van der Waals surface area contributed by atoms with E-state index in [1.165, 1.54) is 0 Å². The molecule has 0 bridgehead atoms.